The van der Waals surface area contributed by atoms with Crippen LogP contribution < -0.4 is 10.1 Å². The van der Waals surface area contributed by atoms with Crippen LogP contribution in [-0.2, 0) is 11.2 Å². The molecule has 0 bridgehead atoms. The lowest BCUT2D eigenvalue weighted by Crippen LogP contribution is -2.42. The van der Waals surface area contributed by atoms with Gasteiger partial charge in [0.1, 0.15) is 5.75 Å². The molecule has 0 aromatic heterocycles. The number of piperidine rings is 1. The minimum absolute atomic E-state index is 0.0652. The number of likely N-dealkylation sites (tertiary alicyclic amines) is 1. The third-order valence-corrected chi connectivity index (χ3v) is 5.53. The van der Waals surface area contributed by atoms with Crippen LogP contribution in [0.3, 0.4) is 0 Å². The number of carbonyl (C=O) groups is 1. The molecule has 1 N–H and O–H groups in total. The maximum Gasteiger partial charge on any atom is 0.224 e. The summed E-state index contributed by atoms with van der Waals surface area (Å²) >= 11 is 0. The van der Waals surface area contributed by atoms with Crippen molar-refractivity contribution in [3.63, 3.8) is 0 Å². The van der Waals surface area contributed by atoms with Crippen LogP contribution in [0, 0.1) is 5.92 Å². The SMILES string of the molecule is CCOc1ccc(CC(=O)NCC(c2ccccc2)N2CCC(C)CC2)cc1. The van der Waals surface area contributed by atoms with Gasteiger partial charge in [-0.25, -0.2) is 0 Å². The molecule has 1 heterocycles. The first-order chi connectivity index (χ1) is 13.7. The molecule has 1 aliphatic heterocycles. The fraction of sp³-hybridized carbons (Fsp3) is 0.458. The Hall–Kier alpha value is -2.33. The highest BCUT2D eigenvalue weighted by molar-refractivity contribution is 5.78. The molecule has 1 atom stereocenters. The van der Waals surface area contributed by atoms with E-state index in [-0.39, 0.29) is 11.9 Å². The smallest absolute Gasteiger partial charge is 0.224 e. The van der Waals surface area contributed by atoms with E-state index in [2.05, 4.69) is 41.4 Å². The number of nitrogens with one attached hydrogen (secondary N) is 1. The van der Waals surface area contributed by atoms with Crippen molar-refractivity contribution >= 4 is 5.91 Å². The predicted molar refractivity (Wildman–Crippen MR) is 113 cm³/mol. The van der Waals surface area contributed by atoms with Crippen molar-refractivity contribution in [2.24, 2.45) is 5.92 Å². The van der Waals surface area contributed by atoms with Gasteiger partial charge in [-0.3, -0.25) is 9.69 Å². The average Bonchev–Trinajstić information content (AvgIpc) is 2.72. The minimum atomic E-state index is 0.0652. The van der Waals surface area contributed by atoms with E-state index in [1.165, 1.54) is 18.4 Å². The molecule has 1 unspecified atom stereocenters. The maximum atomic E-state index is 12.5. The molecule has 1 saturated heterocycles. The van der Waals surface area contributed by atoms with Crippen LogP contribution in [0.5, 0.6) is 5.75 Å². The Bertz CT molecular complexity index is 722. The Balaban J connectivity index is 1.58. The van der Waals surface area contributed by atoms with Crippen LogP contribution >= 0.6 is 0 Å². The van der Waals surface area contributed by atoms with Gasteiger partial charge < -0.3 is 10.1 Å². The van der Waals surface area contributed by atoms with Gasteiger partial charge in [0.05, 0.1) is 19.1 Å². The summed E-state index contributed by atoms with van der Waals surface area (Å²) in [7, 11) is 0. The summed E-state index contributed by atoms with van der Waals surface area (Å²) in [6, 6.07) is 18.6. The number of hydrogen-bond donors (Lipinski definition) is 1. The molecular formula is C24H32N2O2. The minimum Gasteiger partial charge on any atom is -0.494 e. The molecule has 4 heteroatoms. The summed E-state index contributed by atoms with van der Waals surface area (Å²) in [4.78, 5) is 15.1. The van der Waals surface area contributed by atoms with E-state index in [1.54, 1.807) is 0 Å². The van der Waals surface area contributed by atoms with Gasteiger partial charge in [-0.2, -0.15) is 0 Å². The van der Waals surface area contributed by atoms with Gasteiger partial charge in [-0.1, -0.05) is 49.4 Å². The van der Waals surface area contributed by atoms with E-state index in [1.807, 2.05) is 37.3 Å². The second-order valence-electron chi connectivity index (χ2n) is 7.70. The van der Waals surface area contributed by atoms with Crippen LogP contribution in [0.1, 0.15) is 43.9 Å². The summed E-state index contributed by atoms with van der Waals surface area (Å²) < 4.78 is 5.46. The lowest BCUT2D eigenvalue weighted by molar-refractivity contribution is -0.120. The number of nitrogens with zero attached hydrogens (tertiary/aromatic N) is 1. The molecule has 0 saturated carbocycles. The van der Waals surface area contributed by atoms with Crippen LogP contribution in [0.2, 0.25) is 0 Å². The second-order valence-corrected chi connectivity index (χ2v) is 7.70. The van der Waals surface area contributed by atoms with Gasteiger partial charge >= 0.3 is 0 Å². The van der Waals surface area contributed by atoms with Crippen molar-refractivity contribution < 1.29 is 9.53 Å². The molecule has 0 spiro atoms. The zero-order valence-electron chi connectivity index (χ0n) is 17.1. The van der Waals surface area contributed by atoms with Gasteiger partial charge in [0.25, 0.3) is 0 Å². The Kier molecular flexibility index (Phi) is 7.49. The van der Waals surface area contributed by atoms with E-state index in [9.17, 15) is 4.79 Å². The molecule has 0 aliphatic carbocycles. The molecule has 0 radical (unpaired) electrons. The molecule has 28 heavy (non-hydrogen) atoms. The van der Waals surface area contributed by atoms with Crippen molar-refractivity contribution in [2.45, 2.75) is 39.2 Å². The summed E-state index contributed by atoms with van der Waals surface area (Å²) in [6.07, 6.45) is 2.85. The Morgan fingerprint density at radius 3 is 2.43 bits per heavy atom. The molecule has 2 aromatic carbocycles. The van der Waals surface area contributed by atoms with E-state index in [4.69, 9.17) is 4.74 Å². The van der Waals surface area contributed by atoms with E-state index < -0.39 is 0 Å². The van der Waals surface area contributed by atoms with Gasteiger partial charge in [0.15, 0.2) is 0 Å². The molecule has 2 aromatic rings. The van der Waals surface area contributed by atoms with Crippen molar-refractivity contribution in [3.8, 4) is 5.75 Å². The first-order valence-electron chi connectivity index (χ1n) is 10.4. The third-order valence-electron chi connectivity index (χ3n) is 5.53. The molecule has 4 nitrogen and oxygen atoms in total. The highest BCUT2D eigenvalue weighted by Gasteiger charge is 2.24. The summed E-state index contributed by atoms with van der Waals surface area (Å²) in [6.45, 7) is 7.77. The van der Waals surface area contributed by atoms with Crippen LogP contribution in [0.15, 0.2) is 54.6 Å². The van der Waals surface area contributed by atoms with Gasteiger partial charge in [0, 0.05) is 6.54 Å². The Morgan fingerprint density at radius 1 is 1.11 bits per heavy atom. The predicted octanol–water partition coefficient (Wildman–Crippen LogP) is 4.22. The quantitative estimate of drug-likeness (QED) is 0.746. The number of amides is 1. The van der Waals surface area contributed by atoms with Crippen molar-refractivity contribution in [1.29, 1.82) is 0 Å². The molecule has 3 rings (SSSR count). The normalized spacial score (nSPS) is 16.5. The first kappa shape index (κ1) is 20.4. The molecule has 150 valence electrons. The lowest BCUT2D eigenvalue weighted by atomic mass is 9.95. The zero-order valence-corrected chi connectivity index (χ0v) is 17.1. The molecular weight excluding hydrogens is 348 g/mol. The number of rotatable bonds is 8. The monoisotopic (exact) mass is 380 g/mol. The average molecular weight is 381 g/mol. The van der Waals surface area contributed by atoms with Crippen LogP contribution in [-0.4, -0.2) is 37.0 Å². The largest absolute Gasteiger partial charge is 0.494 e. The van der Waals surface area contributed by atoms with E-state index >= 15 is 0 Å². The molecule has 1 fully saturated rings. The Morgan fingerprint density at radius 2 is 1.79 bits per heavy atom. The molecule has 1 aliphatic rings. The van der Waals surface area contributed by atoms with Crippen LogP contribution in [0.4, 0.5) is 0 Å². The zero-order chi connectivity index (χ0) is 19.8. The fourth-order valence-electron chi connectivity index (χ4n) is 3.80. The highest BCUT2D eigenvalue weighted by atomic mass is 16.5. The number of carbonyl (C=O) groups excluding carboxylic acids is 1. The summed E-state index contributed by atoms with van der Waals surface area (Å²) in [5, 5.41) is 3.17. The van der Waals surface area contributed by atoms with Crippen molar-refractivity contribution in [2.75, 3.05) is 26.2 Å². The van der Waals surface area contributed by atoms with Gasteiger partial charge in [-0.05, 0) is 62.0 Å². The number of benzene rings is 2. The lowest BCUT2D eigenvalue weighted by Gasteiger charge is -2.37. The first-order valence-corrected chi connectivity index (χ1v) is 10.4. The third kappa shape index (κ3) is 5.83. The molecule has 1 amide bonds. The van der Waals surface area contributed by atoms with E-state index in [0.29, 0.717) is 19.6 Å². The maximum absolute atomic E-state index is 12.5. The summed E-state index contributed by atoms with van der Waals surface area (Å²) in [5.41, 5.74) is 2.28. The fourth-order valence-corrected chi connectivity index (χ4v) is 3.80. The van der Waals surface area contributed by atoms with E-state index in [0.717, 1.165) is 30.3 Å². The number of hydrogen-bond acceptors (Lipinski definition) is 3. The number of ether oxygens (including phenoxy) is 1. The second kappa shape index (κ2) is 10.3. The van der Waals surface area contributed by atoms with Gasteiger partial charge in [-0.15, -0.1) is 0 Å². The summed E-state index contributed by atoms with van der Waals surface area (Å²) in [5.74, 6) is 1.70. The highest BCUT2D eigenvalue weighted by Crippen LogP contribution is 2.26. The van der Waals surface area contributed by atoms with Crippen molar-refractivity contribution in [3.05, 3.63) is 65.7 Å². The van der Waals surface area contributed by atoms with Gasteiger partial charge in [0.2, 0.25) is 5.91 Å². The van der Waals surface area contributed by atoms with Crippen LogP contribution in [0.25, 0.3) is 0 Å². The standard InChI is InChI=1S/C24H32N2O2/c1-3-28-22-11-9-20(10-12-22)17-24(27)25-18-23(21-7-5-4-6-8-21)26-15-13-19(2)14-16-26/h4-12,19,23H,3,13-18H2,1-2H3,(H,25,27). The van der Waals surface area contributed by atoms with Crippen molar-refractivity contribution in [1.82, 2.24) is 10.2 Å². The Labute approximate surface area is 168 Å². The topological polar surface area (TPSA) is 41.6 Å².